The van der Waals surface area contributed by atoms with Crippen LogP contribution in [0.15, 0.2) is 194 Å². The standard InChI is InChI=1S/2C26H26N4.C3H8.C2H6/c2*1-19-3-5-21(6-4-19)28-23-11-13-25(14-12-23)30-26-17-15-24(16-18-26)29-22-9-7-20(27-2)8-10-22;1-3-2;1-2/h2*3-18,27-30H,1-2H3;3H2,1-2H3;1-2H3. The molecule has 8 heteroatoms. The Hall–Kier alpha value is -7.84. The highest BCUT2D eigenvalue weighted by molar-refractivity contribution is 5.71. The summed E-state index contributed by atoms with van der Waals surface area (Å²) in [7, 11) is 3.84. The maximum atomic E-state index is 3.44. The summed E-state index contributed by atoms with van der Waals surface area (Å²) in [4.78, 5) is 0. The predicted octanol–water partition coefficient (Wildman–Crippen LogP) is 17.0. The summed E-state index contributed by atoms with van der Waals surface area (Å²) in [5.74, 6) is 0. The zero-order chi connectivity index (χ0) is 46.2. The fraction of sp³-hybridized carbons (Fsp3) is 0.158. The second kappa shape index (κ2) is 25.9. The second-order valence-electron chi connectivity index (χ2n) is 15.2. The molecule has 0 bridgehead atoms. The Morgan fingerprint density at radius 2 is 0.338 bits per heavy atom. The normalized spacial score (nSPS) is 9.91. The molecule has 0 saturated heterocycles. The van der Waals surface area contributed by atoms with E-state index in [2.05, 4.69) is 264 Å². The average Bonchev–Trinajstić information content (AvgIpc) is 3.34. The highest BCUT2D eigenvalue weighted by Crippen LogP contribution is 2.27. The number of hydrogen-bond donors (Lipinski definition) is 8. The lowest BCUT2D eigenvalue weighted by Gasteiger charge is -2.11. The van der Waals surface area contributed by atoms with Crippen molar-refractivity contribution in [3.63, 3.8) is 0 Å². The maximum Gasteiger partial charge on any atom is 0.0385 e. The van der Waals surface area contributed by atoms with Crippen LogP contribution in [0.5, 0.6) is 0 Å². The average molecular weight is 863 g/mol. The van der Waals surface area contributed by atoms with Gasteiger partial charge in [-0.05, 0) is 184 Å². The van der Waals surface area contributed by atoms with Gasteiger partial charge in [0.15, 0.2) is 0 Å². The van der Waals surface area contributed by atoms with E-state index >= 15 is 0 Å². The molecule has 8 N–H and O–H groups in total. The molecule has 0 aromatic heterocycles. The molecule has 0 unspecified atom stereocenters. The van der Waals surface area contributed by atoms with E-state index in [9.17, 15) is 0 Å². The molecule has 8 rings (SSSR count). The molecule has 0 radical (unpaired) electrons. The lowest BCUT2D eigenvalue weighted by molar-refractivity contribution is 1.09. The maximum absolute atomic E-state index is 3.44. The van der Waals surface area contributed by atoms with E-state index < -0.39 is 0 Å². The molecule has 0 aliphatic rings. The smallest absolute Gasteiger partial charge is 0.0385 e. The molecule has 8 aromatic rings. The van der Waals surface area contributed by atoms with Crippen LogP contribution in [0.1, 0.15) is 45.2 Å². The van der Waals surface area contributed by atoms with Gasteiger partial charge in [-0.15, -0.1) is 0 Å². The Kier molecular flexibility index (Phi) is 19.2. The van der Waals surface area contributed by atoms with Crippen molar-refractivity contribution < 1.29 is 0 Å². The molecule has 0 amide bonds. The molecule has 0 saturated carbocycles. The van der Waals surface area contributed by atoms with Gasteiger partial charge in [-0.2, -0.15) is 0 Å². The first-order valence-electron chi connectivity index (χ1n) is 22.5. The van der Waals surface area contributed by atoms with E-state index in [0.717, 1.165) is 79.6 Å². The minimum atomic E-state index is 1.05. The number of hydrogen-bond acceptors (Lipinski definition) is 8. The van der Waals surface area contributed by atoms with E-state index in [1.807, 2.05) is 27.9 Å². The molecule has 0 atom stereocenters. The molecular formula is C57H66N8. The van der Waals surface area contributed by atoms with Crippen molar-refractivity contribution in [3.8, 4) is 0 Å². The Morgan fingerprint density at radius 3 is 0.462 bits per heavy atom. The van der Waals surface area contributed by atoms with Gasteiger partial charge in [0.1, 0.15) is 0 Å². The van der Waals surface area contributed by atoms with Gasteiger partial charge in [0, 0.05) is 93.7 Å². The largest absolute Gasteiger partial charge is 0.388 e. The summed E-state index contributed by atoms with van der Waals surface area (Å²) in [6, 6.07) is 66.4. The quantitative estimate of drug-likeness (QED) is 0.0548. The molecule has 0 fully saturated rings. The van der Waals surface area contributed by atoms with Crippen LogP contribution < -0.4 is 42.5 Å². The monoisotopic (exact) mass is 863 g/mol. The van der Waals surface area contributed by atoms with Crippen LogP contribution in [-0.4, -0.2) is 14.1 Å². The first-order chi connectivity index (χ1) is 31.8. The van der Waals surface area contributed by atoms with Crippen LogP contribution in [0.25, 0.3) is 0 Å². The summed E-state index contributed by atoms with van der Waals surface area (Å²) in [5.41, 5.74) is 17.4. The zero-order valence-corrected chi connectivity index (χ0v) is 39.2. The van der Waals surface area contributed by atoms with Gasteiger partial charge in [0.25, 0.3) is 0 Å². The van der Waals surface area contributed by atoms with Crippen molar-refractivity contribution in [2.45, 2.75) is 48.0 Å². The van der Waals surface area contributed by atoms with Gasteiger partial charge in [-0.25, -0.2) is 0 Å². The van der Waals surface area contributed by atoms with Crippen LogP contribution in [-0.2, 0) is 0 Å². The number of aryl methyl sites for hydroxylation is 2. The highest BCUT2D eigenvalue weighted by Gasteiger charge is 2.02. The van der Waals surface area contributed by atoms with E-state index in [1.165, 1.54) is 17.5 Å². The summed E-state index contributed by atoms with van der Waals surface area (Å²) >= 11 is 0. The van der Waals surface area contributed by atoms with Crippen molar-refractivity contribution in [3.05, 3.63) is 205 Å². The van der Waals surface area contributed by atoms with Crippen molar-refractivity contribution in [1.29, 1.82) is 0 Å². The summed E-state index contributed by atoms with van der Waals surface area (Å²) in [6.07, 6.45) is 1.25. The number of rotatable bonds is 14. The molecule has 8 nitrogen and oxygen atoms in total. The fourth-order valence-electron chi connectivity index (χ4n) is 6.26. The summed E-state index contributed by atoms with van der Waals surface area (Å²) < 4.78 is 0. The van der Waals surface area contributed by atoms with Crippen molar-refractivity contribution >= 4 is 79.6 Å². The van der Waals surface area contributed by atoms with Crippen molar-refractivity contribution in [2.75, 3.05) is 56.6 Å². The van der Waals surface area contributed by atoms with Gasteiger partial charge >= 0.3 is 0 Å². The van der Waals surface area contributed by atoms with Crippen molar-refractivity contribution in [1.82, 2.24) is 0 Å². The molecular weight excluding hydrogens is 797 g/mol. The minimum Gasteiger partial charge on any atom is -0.388 e. The van der Waals surface area contributed by atoms with E-state index in [4.69, 9.17) is 0 Å². The zero-order valence-electron chi connectivity index (χ0n) is 39.2. The summed E-state index contributed by atoms with van der Waals surface area (Å²) in [5, 5.41) is 26.8. The Morgan fingerprint density at radius 1 is 0.231 bits per heavy atom. The molecule has 0 aliphatic heterocycles. The topological polar surface area (TPSA) is 96.2 Å². The Labute approximate surface area is 388 Å². The highest BCUT2D eigenvalue weighted by atomic mass is 14.9. The van der Waals surface area contributed by atoms with Crippen LogP contribution >= 0.6 is 0 Å². The molecule has 0 heterocycles. The van der Waals surface area contributed by atoms with Gasteiger partial charge < -0.3 is 42.5 Å². The molecule has 8 aromatic carbocycles. The van der Waals surface area contributed by atoms with Gasteiger partial charge in [0.05, 0.1) is 0 Å². The number of anilines is 14. The predicted molar refractivity (Wildman–Crippen MR) is 287 cm³/mol. The Balaban J connectivity index is 0.000000222. The van der Waals surface area contributed by atoms with Crippen LogP contribution in [0.2, 0.25) is 0 Å². The van der Waals surface area contributed by atoms with Gasteiger partial charge in [0.2, 0.25) is 0 Å². The van der Waals surface area contributed by atoms with Crippen LogP contribution in [0, 0.1) is 13.8 Å². The van der Waals surface area contributed by atoms with Gasteiger partial charge in [-0.3, -0.25) is 0 Å². The first-order valence-corrected chi connectivity index (χ1v) is 22.5. The first kappa shape index (κ1) is 48.2. The summed E-state index contributed by atoms with van der Waals surface area (Å²) in [6.45, 7) is 12.4. The second-order valence-corrected chi connectivity index (χ2v) is 15.2. The molecule has 0 aliphatic carbocycles. The van der Waals surface area contributed by atoms with E-state index in [-0.39, 0.29) is 0 Å². The third-order valence-corrected chi connectivity index (χ3v) is 9.72. The third kappa shape index (κ3) is 16.4. The lowest BCUT2D eigenvalue weighted by Crippen LogP contribution is -1.94. The van der Waals surface area contributed by atoms with E-state index in [1.54, 1.807) is 0 Å². The molecule has 334 valence electrons. The van der Waals surface area contributed by atoms with E-state index in [0.29, 0.717) is 0 Å². The number of nitrogens with one attached hydrogen (secondary N) is 8. The van der Waals surface area contributed by atoms with Crippen LogP contribution in [0.3, 0.4) is 0 Å². The third-order valence-electron chi connectivity index (χ3n) is 9.72. The fourth-order valence-corrected chi connectivity index (χ4v) is 6.26. The van der Waals surface area contributed by atoms with Crippen LogP contribution in [0.4, 0.5) is 79.6 Å². The van der Waals surface area contributed by atoms with Gasteiger partial charge in [-0.1, -0.05) is 69.5 Å². The lowest BCUT2D eigenvalue weighted by atomic mass is 10.2. The molecule has 65 heavy (non-hydrogen) atoms. The SMILES string of the molecule is CC.CCC.CNc1ccc(Nc2ccc(Nc3ccc(Nc4ccc(C)cc4)cc3)cc2)cc1.CNc1ccc(Nc2ccc(Nc3ccc(Nc4ccc(C)cc4)cc3)cc2)cc1. The number of benzene rings is 8. The van der Waals surface area contributed by atoms with Crippen molar-refractivity contribution in [2.24, 2.45) is 0 Å². The Bertz CT molecular complexity index is 2340. The minimum absolute atomic E-state index is 1.05. The molecule has 0 spiro atoms.